The minimum Gasteiger partial charge on any atom is -0.383 e. The van der Waals surface area contributed by atoms with E-state index in [1.54, 1.807) is 0 Å². The van der Waals surface area contributed by atoms with Gasteiger partial charge in [0.2, 0.25) is 0 Å². The van der Waals surface area contributed by atoms with E-state index in [1.165, 1.54) is 16.9 Å². The van der Waals surface area contributed by atoms with Gasteiger partial charge in [-0.05, 0) is 36.1 Å². The maximum Gasteiger partial charge on any atom is 0.264 e. The number of thiophene rings is 1. The summed E-state index contributed by atoms with van der Waals surface area (Å²) in [5.41, 5.74) is 10.3. The van der Waals surface area contributed by atoms with E-state index in [9.17, 15) is 4.79 Å². The van der Waals surface area contributed by atoms with Crippen LogP contribution >= 0.6 is 11.3 Å². The molecule has 0 saturated carbocycles. The molecule has 2 aromatic carbocycles. The molecule has 1 saturated heterocycles. The number of nitrogens with zero attached hydrogens (tertiary/aromatic N) is 4. The molecule has 0 radical (unpaired) electrons. The summed E-state index contributed by atoms with van der Waals surface area (Å²) in [6.45, 7) is 5.64. The van der Waals surface area contributed by atoms with E-state index in [2.05, 4.69) is 46.1 Å². The van der Waals surface area contributed by atoms with Gasteiger partial charge in [-0.25, -0.2) is 9.97 Å². The van der Waals surface area contributed by atoms with Gasteiger partial charge in [0.1, 0.15) is 11.6 Å². The molecule has 1 aliphatic rings. The van der Waals surface area contributed by atoms with Crippen LogP contribution in [0.1, 0.15) is 21.1 Å². The minimum atomic E-state index is 0.112. The largest absolute Gasteiger partial charge is 0.383 e. The molecule has 2 N–H and O–H groups in total. The van der Waals surface area contributed by atoms with Crippen molar-refractivity contribution in [3.8, 4) is 11.1 Å². The van der Waals surface area contributed by atoms with Gasteiger partial charge in [0, 0.05) is 37.1 Å². The van der Waals surface area contributed by atoms with Gasteiger partial charge in [-0.2, -0.15) is 0 Å². The number of hydrogen-bond acceptors (Lipinski definition) is 6. The van der Waals surface area contributed by atoms with Crippen LogP contribution in [0.25, 0.3) is 22.0 Å². The number of piperazine rings is 1. The molecule has 4 aromatic rings. The highest BCUT2D eigenvalue weighted by molar-refractivity contribution is 7.12. The third kappa shape index (κ3) is 4.09. The van der Waals surface area contributed by atoms with Gasteiger partial charge in [-0.3, -0.25) is 9.69 Å². The normalized spacial score (nSPS) is 14.7. The Bertz CT molecular complexity index is 1260. The van der Waals surface area contributed by atoms with E-state index < -0.39 is 0 Å². The van der Waals surface area contributed by atoms with E-state index >= 15 is 0 Å². The molecule has 3 heterocycles. The molecule has 0 unspecified atom stereocenters. The molecule has 0 bridgehead atoms. The third-order valence-corrected chi connectivity index (χ3v) is 6.83. The minimum absolute atomic E-state index is 0.112. The Hall–Kier alpha value is -3.29. The molecule has 32 heavy (non-hydrogen) atoms. The van der Waals surface area contributed by atoms with Crippen LogP contribution in [-0.4, -0.2) is 51.9 Å². The zero-order valence-corrected chi connectivity index (χ0v) is 18.8. The summed E-state index contributed by atoms with van der Waals surface area (Å²) in [5, 5.41) is 2.88. The fourth-order valence-corrected chi connectivity index (χ4v) is 4.99. The summed E-state index contributed by atoms with van der Waals surface area (Å²) in [6.07, 6.45) is 0. The van der Waals surface area contributed by atoms with Crippen LogP contribution in [0.15, 0.2) is 60.0 Å². The molecule has 1 amide bonds. The average Bonchev–Trinajstić information content (AvgIpc) is 3.30. The van der Waals surface area contributed by atoms with Crippen LogP contribution in [0, 0.1) is 6.92 Å². The lowest BCUT2D eigenvalue weighted by Crippen LogP contribution is -2.48. The van der Waals surface area contributed by atoms with Crippen LogP contribution in [0.5, 0.6) is 0 Å². The highest BCUT2D eigenvalue weighted by Gasteiger charge is 2.25. The molecule has 5 rings (SSSR count). The Morgan fingerprint density at radius 1 is 1.00 bits per heavy atom. The average molecular weight is 444 g/mol. The quantitative estimate of drug-likeness (QED) is 0.511. The van der Waals surface area contributed by atoms with E-state index in [0.717, 1.165) is 45.8 Å². The first kappa shape index (κ1) is 20.6. The Labute approximate surface area is 191 Å². The van der Waals surface area contributed by atoms with Crippen LogP contribution in [-0.2, 0) is 6.54 Å². The van der Waals surface area contributed by atoms with Crippen LogP contribution in [0.2, 0.25) is 0 Å². The number of para-hydroxylation sites is 1. The predicted octanol–water partition coefficient (Wildman–Crippen LogP) is 4.21. The van der Waals surface area contributed by atoms with Crippen LogP contribution in [0.4, 0.5) is 5.82 Å². The SMILES string of the molecule is Cc1ccc(-c2ccsc2C(=O)N2CCN(Cc3nc(N)c4ccccc4n3)CC2)cc1. The van der Waals surface area contributed by atoms with E-state index in [-0.39, 0.29) is 5.91 Å². The summed E-state index contributed by atoms with van der Waals surface area (Å²) in [7, 11) is 0. The lowest BCUT2D eigenvalue weighted by molar-refractivity contribution is 0.0631. The van der Waals surface area contributed by atoms with Gasteiger partial charge < -0.3 is 10.6 Å². The number of hydrogen-bond donors (Lipinski definition) is 1. The molecule has 0 aliphatic carbocycles. The molecule has 1 aliphatic heterocycles. The number of carbonyl (C=O) groups is 1. The van der Waals surface area contributed by atoms with Gasteiger partial charge in [0.25, 0.3) is 5.91 Å². The van der Waals surface area contributed by atoms with Gasteiger partial charge in [-0.15, -0.1) is 11.3 Å². The van der Waals surface area contributed by atoms with Gasteiger partial charge in [0.05, 0.1) is 16.9 Å². The molecule has 1 fully saturated rings. The number of aryl methyl sites for hydroxylation is 1. The highest BCUT2D eigenvalue weighted by Crippen LogP contribution is 2.30. The number of rotatable bonds is 4. The smallest absolute Gasteiger partial charge is 0.264 e. The van der Waals surface area contributed by atoms with E-state index in [4.69, 9.17) is 5.73 Å². The molecule has 6 nitrogen and oxygen atoms in total. The molecular formula is C25H25N5OS. The molecule has 7 heteroatoms. The molecule has 2 aromatic heterocycles. The summed E-state index contributed by atoms with van der Waals surface area (Å²) in [6, 6.07) is 18.2. The molecule has 0 atom stereocenters. The molecular weight excluding hydrogens is 418 g/mol. The van der Waals surface area contributed by atoms with Crippen molar-refractivity contribution in [1.29, 1.82) is 0 Å². The predicted molar refractivity (Wildman–Crippen MR) is 130 cm³/mol. The van der Waals surface area contributed by atoms with Crippen molar-refractivity contribution in [2.45, 2.75) is 13.5 Å². The number of fused-ring (bicyclic) bond motifs is 1. The number of amides is 1. The van der Waals surface area contributed by atoms with E-state index in [1.807, 2.05) is 40.6 Å². The van der Waals surface area contributed by atoms with Crippen molar-refractivity contribution in [1.82, 2.24) is 19.8 Å². The fourth-order valence-electron chi connectivity index (χ4n) is 4.11. The summed E-state index contributed by atoms with van der Waals surface area (Å²) < 4.78 is 0. The second-order valence-electron chi connectivity index (χ2n) is 8.14. The number of nitrogen functional groups attached to an aromatic ring is 1. The summed E-state index contributed by atoms with van der Waals surface area (Å²) >= 11 is 1.52. The zero-order valence-electron chi connectivity index (χ0n) is 18.0. The number of anilines is 1. The zero-order chi connectivity index (χ0) is 22.1. The molecule has 0 spiro atoms. The monoisotopic (exact) mass is 443 g/mol. The maximum atomic E-state index is 13.3. The summed E-state index contributed by atoms with van der Waals surface area (Å²) in [5.74, 6) is 1.35. The van der Waals surface area contributed by atoms with Crippen molar-refractivity contribution < 1.29 is 4.79 Å². The van der Waals surface area contributed by atoms with Crippen molar-refractivity contribution >= 4 is 34.0 Å². The highest BCUT2D eigenvalue weighted by atomic mass is 32.1. The van der Waals surface area contributed by atoms with Gasteiger partial charge in [-0.1, -0.05) is 42.0 Å². The summed E-state index contributed by atoms with van der Waals surface area (Å²) in [4.78, 5) is 27.5. The van der Waals surface area contributed by atoms with Crippen LogP contribution < -0.4 is 5.73 Å². The Balaban J connectivity index is 1.25. The Kier molecular flexibility index (Phi) is 5.59. The fraction of sp³-hybridized carbons (Fsp3) is 0.240. The topological polar surface area (TPSA) is 75.4 Å². The van der Waals surface area contributed by atoms with E-state index in [0.29, 0.717) is 25.5 Å². The third-order valence-electron chi connectivity index (χ3n) is 5.93. The maximum absolute atomic E-state index is 13.3. The van der Waals surface area contributed by atoms with Crippen molar-refractivity contribution in [3.05, 3.63) is 76.2 Å². The second-order valence-corrected chi connectivity index (χ2v) is 9.06. The number of benzene rings is 2. The van der Waals surface area contributed by atoms with Gasteiger partial charge in [0.15, 0.2) is 0 Å². The van der Waals surface area contributed by atoms with Crippen molar-refractivity contribution in [3.63, 3.8) is 0 Å². The van der Waals surface area contributed by atoms with Crippen LogP contribution in [0.3, 0.4) is 0 Å². The Morgan fingerprint density at radius 2 is 1.75 bits per heavy atom. The molecule has 162 valence electrons. The lowest BCUT2D eigenvalue weighted by Gasteiger charge is -2.34. The first-order valence-electron chi connectivity index (χ1n) is 10.8. The Morgan fingerprint density at radius 3 is 2.53 bits per heavy atom. The number of nitrogens with two attached hydrogens (primary N) is 1. The standard InChI is InChI=1S/C25H25N5OS/c1-17-6-8-18(9-7-17)19-10-15-32-23(19)25(31)30-13-11-29(12-14-30)16-22-27-21-5-3-2-4-20(21)24(26)28-22/h2-10,15H,11-14,16H2,1H3,(H2,26,27,28). The first-order valence-corrected chi connectivity index (χ1v) is 11.6. The number of carbonyl (C=O) groups excluding carboxylic acids is 1. The van der Waals surface area contributed by atoms with Gasteiger partial charge >= 0.3 is 0 Å². The first-order chi connectivity index (χ1) is 15.6. The second kappa shape index (κ2) is 8.68. The van der Waals surface area contributed by atoms with Crippen molar-refractivity contribution in [2.75, 3.05) is 31.9 Å². The van der Waals surface area contributed by atoms with Crippen molar-refractivity contribution in [2.24, 2.45) is 0 Å². The lowest BCUT2D eigenvalue weighted by atomic mass is 10.0. The number of aromatic nitrogens is 2.